The summed E-state index contributed by atoms with van der Waals surface area (Å²) in [5.41, 5.74) is 1.49. The van der Waals surface area contributed by atoms with Gasteiger partial charge in [0.25, 0.3) is 0 Å². The van der Waals surface area contributed by atoms with E-state index in [0.717, 1.165) is 5.06 Å². The van der Waals surface area contributed by atoms with Crippen LogP contribution in [0.25, 0.3) is 0 Å². The first-order valence-electron chi connectivity index (χ1n) is 3.79. The highest BCUT2D eigenvalue weighted by atomic mass is 127. The molecule has 1 aromatic heterocycles. The molecule has 1 nitrogen and oxygen atoms in total. The molecule has 0 aliphatic rings. The van der Waals surface area contributed by atoms with Crippen LogP contribution in [0.4, 0.5) is 0 Å². The summed E-state index contributed by atoms with van der Waals surface area (Å²) >= 11 is 4.03. The monoisotopic (exact) mass is 296 g/mol. The average molecular weight is 296 g/mol. The van der Waals surface area contributed by atoms with Crippen molar-refractivity contribution in [2.45, 2.75) is 26.2 Å². The van der Waals surface area contributed by atoms with Crippen molar-refractivity contribution in [1.82, 2.24) is 0 Å². The first-order chi connectivity index (χ1) is 5.45. The molecule has 0 bridgehead atoms. The smallest absolute Gasteiger partial charge is 0.178 e. The molecule has 12 heavy (non-hydrogen) atoms. The Bertz CT molecular complexity index is 273. The summed E-state index contributed by atoms with van der Waals surface area (Å²) in [6, 6.07) is 2.20. The quantitative estimate of drug-likeness (QED) is 0.719. The molecular formula is C9H13IOS. The van der Waals surface area contributed by atoms with E-state index < -0.39 is 0 Å². The lowest BCUT2D eigenvalue weighted by molar-refractivity contribution is 0.410. The van der Waals surface area contributed by atoms with Gasteiger partial charge in [-0.05, 0) is 34.1 Å². The van der Waals surface area contributed by atoms with Crippen molar-refractivity contribution in [2.75, 3.05) is 7.11 Å². The number of rotatable bonds is 1. The van der Waals surface area contributed by atoms with Crippen LogP contribution in [0.2, 0.25) is 0 Å². The second kappa shape index (κ2) is 3.54. The van der Waals surface area contributed by atoms with Crippen LogP contribution in [-0.4, -0.2) is 7.11 Å². The number of ether oxygens (including phenoxy) is 1. The van der Waals surface area contributed by atoms with Crippen molar-refractivity contribution in [3.05, 3.63) is 14.5 Å². The Morgan fingerprint density at radius 1 is 1.42 bits per heavy atom. The Hall–Kier alpha value is 0.230. The highest BCUT2D eigenvalue weighted by molar-refractivity contribution is 14.1. The molecule has 0 aliphatic heterocycles. The van der Waals surface area contributed by atoms with Crippen molar-refractivity contribution < 1.29 is 4.74 Å². The minimum atomic E-state index is 0.186. The Kier molecular flexibility index (Phi) is 3.04. The van der Waals surface area contributed by atoms with Crippen LogP contribution in [0.5, 0.6) is 5.06 Å². The van der Waals surface area contributed by atoms with Gasteiger partial charge in [-0.15, -0.1) is 0 Å². The van der Waals surface area contributed by atoms with Gasteiger partial charge in [-0.25, -0.2) is 0 Å². The predicted octanol–water partition coefficient (Wildman–Crippen LogP) is 3.66. The normalized spacial score (nSPS) is 11.8. The topological polar surface area (TPSA) is 9.23 Å². The fraction of sp³-hybridized carbons (Fsp3) is 0.556. The molecule has 0 unspecified atom stereocenters. The molecule has 1 aromatic rings. The van der Waals surface area contributed by atoms with Gasteiger partial charge >= 0.3 is 0 Å². The van der Waals surface area contributed by atoms with Crippen molar-refractivity contribution in [3.8, 4) is 5.06 Å². The summed E-state index contributed by atoms with van der Waals surface area (Å²) < 4.78 is 6.59. The minimum Gasteiger partial charge on any atom is -0.487 e. The Morgan fingerprint density at radius 3 is 2.33 bits per heavy atom. The summed E-state index contributed by atoms with van der Waals surface area (Å²) in [4.78, 5) is 0. The van der Waals surface area contributed by atoms with E-state index in [1.54, 1.807) is 18.4 Å². The second-order valence-electron chi connectivity index (χ2n) is 3.71. The van der Waals surface area contributed by atoms with Gasteiger partial charge in [0.2, 0.25) is 0 Å². The number of hydrogen-bond donors (Lipinski definition) is 0. The van der Waals surface area contributed by atoms with Crippen molar-refractivity contribution >= 4 is 33.9 Å². The molecule has 0 saturated carbocycles. The minimum absolute atomic E-state index is 0.186. The predicted molar refractivity (Wildman–Crippen MR) is 62.3 cm³/mol. The third-order valence-electron chi connectivity index (χ3n) is 1.66. The lowest BCUT2D eigenvalue weighted by Gasteiger charge is -2.18. The van der Waals surface area contributed by atoms with Gasteiger partial charge < -0.3 is 4.74 Å². The summed E-state index contributed by atoms with van der Waals surface area (Å²) in [6.07, 6.45) is 0. The zero-order valence-electron chi connectivity index (χ0n) is 7.77. The maximum absolute atomic E-state index is 5.31. The highest BCUT2D eigenvalue weighted by Gasteiger charge is 2.21. The Labute approximate surface area is 91.3 Å². The first-order valence-corrected chi connectivity index (χ1v) is 5.68. The number of thiophene rings is 1. The van der Waals surface area contributed by atoms with E-state index in [4.69, 9.17) is 4.74 Å². The van der Waals surface area contributed by atoms with E-state index in [1.165, 1.54) is 8.45 Å². The van der Waals surface area contributed by atoms with Crippen LogP contribution in [0.15, 0.2) is 6.07 Å². The van der Waals surface area contributed by atoms with E-state index in [1.807, 2.05) is 0 Å². The summed E-state index contributed by atoms with van der Waals surface area (Å²) in [6.45, 7) is 6.61. The summed E-state index contributed by atoms with van der Waals surface area (Å²) in [5.74, 6) is 0. The van der Waals surface area contributed by atoms with Gasteiger partial charge in [-0.2, -0.15) is 0 Å². The van der Waals surface area contributed by atoms with E-state index >= 15 is 0 Å². The largest absolute Gasteiger partial charge is 0.487 e. The molecule has 0 amide bonds. The van der Waals surface area contributed by atoms with Crippen molar-refractivity contribution in [3.63, 3.8) is 0 Å². The number of halogens is 1. The van der Waals surface area contributed by atoms with Crippen LogP contribution in [0.1, 0.15) is 26.3 Å². The van der Waals surface area contributed by atoms with Gasteiger partial charge in [0.15, 0.2) is 5.06 Å². The molecule has 1 rings (SSSR count). The van der Waals surface area contributed by atoms with Gasteiger partial charge in [0, 0.05) is 5.56 Å². The lowest BCUT2D eigenvalue weighted by Crippen LogP contribution is -2.10. The maximum atomic E-state index is 5.31. The molecule has 3 heteroatoms. The van der Waals surface area contributed by atoms with Crippen LogP contribution < -0.4 is 4.74 Å². The molecule has 0 N–H and O–H groups in total. The van der Waals surface area contributed by atoms with E-state index in [-0.39, 0.29) is 5.41 Å². The van der Waals surface area contributed by atoms with Gasteiger partial charge in [0.05, 0.1) is 9.99 Å². The Balaban J connectivity index is 3.13. The highest BCUT2D eigenvalue weighted by Crippen LogP contribution is 2.38. The van der Waals surface area contributed by atoms with E-state index in [2.05, 4.69) is 49.4 Å². The van der Waals surface area contributed by atoms with E-state index in [9.17, 15) is 0 Å². The Morgan fingerprint density at radius 2 is 2.00 bits per heavy atom. The zero-order valence-corrected chi connectivity index (χ0v) is 10.7. The molecule has 68 valence electrons. The molecule has 0 saturated heterocycles. The molecule has 0 aliphatic carbocycles. The van der Waals surface area contributed by atoms with Gasteiger partial charge in [-0.3, -0.25) is 0 Å². The summed E-state index contributed by atoms with van der Waals surface area (Å²) in [7, 11) is 1.73. The van der Waals surface area contributed by atoms with Crippen molar-refractivity contribution in [2.24, 2.45) is 0 Å². The van der Waals surface area contributed by atoms with Gasteiger partial charge in [0.1, 0.15) is 0 Å². The van der Waals surface area contributed by atoms with Crippen LogP contribution in [0, 0.1) is 2.88 Å². The second-order valence-corrected chi connectivity index (χ2v) is 6.61. The third-order valence-corrected chi connectivity index (χ3v) is 3.52. The standard InChI is InChI=1S/C9H13IOS/c1-9(2,3)6-5-7(10)12-8(6)11-4/h5H,1-4H3. The molecule has 0 atom stereocenters. The van der Waals surface area contributed by atoms with Gasteiger partial charge in [-0.1, -0.05) is 32.1 Å². The fourth-order valence-corrected chi connectivity index (χ4v) is 2.84. The van der Waals surface area contributed by atoms with E-state index in [0.29, 0.717) is 0 Å². The van der Waals surface area contributed by atoms with Crippen molar-refractivity contribution in [1.29, 1.82) is 0 Å². The SMILES string of the molecule is COc1sc(I)cc1C(C)(C)C. The molecule has 1 heterocycles. The number of methoxy groups -OCH3 is 1. The summed E-state index contributed by atoms with van der Waals surface area (Å²) in [5, 5.41) is 1.05. The molecular weight excluding hydrogens is 283 g/mol. The first kappa shape index (κ1) is 10.3. The van der Waals surface area contributed by atoms with Crippen LogP contribution >= 0.6 is 33.9 Å². The lowest BCUT2D eigenvalue weighted by atomic mass is 9.89. The zero-order chi connectivity index (χ0) is 9.35. The third kappa shape index (κ3) is 2.13. The molecule has 0 radical (unpaired) electrons. The fourth-order valence-electron chi connectivity index (χ4n) is 1.02. The molecule has 0 fully saturated rings. The number of hydrogen-bond acceptors (Lipinski definition) is 2. The average Bonchev–Trinajstić information content (AvgIpc) is 2.29. The molecule has 0 aromatic carbocycles. The van der Waals surface area contributed by atoms with Crippen LogP contribution in [0.3, 0.4) is 0 Å². The van der Waals surface area contributed by atoms with Crippen LogP contribution in [-0.2, 0) is 5.41 Å². The molecule has 0 spiro atoms. The maximum Gasteiger partial charge on any atom is 0.178 e.